The minimum atomic E-state index is 1.08. The Bertz CT molecular complexity index is 312. The zero-order valence-electron chi connectivity index (χ0n) is 22.1. The van der Waals surface area contributed by atoms with E-state index < -0.39 is 0 Å². The first kappa shape index (κ1) is 29.0. The van der Waals surface area contributed by atoms with Crippen molar-refractivity contribution in [3.63, 3.8) is 0 Å². The first-order valence-corrected chi connectivity index (χ1v) is 15.4. The molecule has 0 spiro atoms. The van der Waals surface area contributed by atoms with Crippen molar-refractivity contribution in [2.24, 2.45) is 5.92 Å². The molecular weight excluding hydrogens is 372 g/mol. The van der Waals surface area contributed by atoms with Crippen LogP contribution in [0.1, 0.15) is 193 Å². The number of unbranched alkanes of at least 4 members (excludes halogenated alkanes) is 20. The molecule has 0 heterocycles. The number of rotatable bonds is 22. The van der Waals surface area contributed by atoms with E-state index in [-0.39, 0.29) is 0 Å². The second-order valence-corrected chi connectivity index (χ2v) is 11.1. The highest BCUT2D eigenvalue weighted by Crippen LogP contribution is 2.26. The SMILES string of the molecule is CCCCCCCCCCCCCCCCCCCCCCCC1CCCCCCC1. The van der Waals surface area contributed by atoms with Crippen LogP contribution < -0.4 is 0 Å². The standard InChI is InChI=1S/C31H62/c1-2-3-4-5-6-7-8-9-10-11-12-13-14-15-16-17-18-19-20-22-25-28-31-29-26-23-21-24-27-30-31/h31H,2-30H2,1H3. The van der Waals surface area contributed by atoms with Crippen LogP contribution in [0.25, 0.3) is 0 Å². The summed E-state index contributed by atoms with van der Waals surface area (Å²) in [6, 6.07) is 0. The quantitative estimate of drug-likeness (QED) is 0.149. The summed E-state index contributed by atoms with van der Waals surface area (Å²) in [7, 11) is 0. The van der Waals surface area contributed by atoms with Gasteiger partial charge < -0.3 is 0 Å². The summed E-state index contributed by atoms with van der Waals surface area (Å²) < 4.78 is 0. The van der Waals surface area contributed by atoms with Gasteiger partial charge in [-0.1, -0.05) is 193 Å². The monoisotopic (exact) mass is 434 g/mol. The molecule has 0 aliphatic heterocycles. The first-order valence-electron chi connectivity index (χ1n) is 15.4. The third-order valence-corrected chi connectivity index (χ3v) is 7.94. The topological polar surface area (TPSA) is 0 Å². The largest absolute Gasteiger partial charge is 0.0654 e. The molecule has 1 rings (SSSR count). The Hall–Kier alpha value is 0. The fraction of sp³-hybridized carbons (Fsp3) is 1.00. The summed E-state index contributed by atoms with van der Waals surface area (Å²) in [5.74, 6) is 1.08. The van der Waals surface area contributed by atoms with Gasteiger partial charge in [-0.2, -0.15) is 0 Å². The lowest BCUT2D eigenvalue weighted by Crippen LogP contribution is -2.03. The fourth-order valence-corrected chi connectivity index (χ4v) is 5.69. The van der Waals surface area contributed by atoms with E-state index in [0.29, 0.717) is 0 Å². The molecule has 0 amide bonds. The Labute approximate surface area is 199 Å². The molecule has 0 aromatic carbocycles. The maximum Gasteiger partial charge on any atom is -0.0414 e. The van der Waals surface area contributed by atoms with Crippen LogP contribution in [0.4, 0.5) is 0 Å². The van der Waals surface area contributed by atoms with Crippen LogP contribution >= 0.6 is 0 Å². The second-order valence-electron chi connectivity index (χ2n) is 11.1. The average molecular weight is 435 g/mol. The highest BCUT2D eigenvalue weighted by molar-refractivity contribution is 4.64. The average Bonchev–Trinajstić information content (AvgIpc) is 2.76. The van der Waals surface area contributed by atoms with E-state index >= 15 is 0 Å². The van der Waals surface area contributed by atoms with Crippen LogP contribution in [-0.4, -0.2) is 0 Å². The van der Waals surface area contributed by atoms with Gasteiger partial charge in [-0.3, -0.25) is 0 Å². The smallest absolute Gasteiger partial charge is 0.0414 e. The normalized spacial score (nSPS) is 15.8. The molecular formula is C31H62. The van der Waals surface area contributed by atoms with Gasteiger partial charge in [0.25, 0.3) is 0 Å². The summed E-state index contributed by atoms with van der Waals surface area (Å²) in [6.07, 6.45) is 43.4. The lowest BCUT2D eigenvalue weighted by Gasteiger charge is -2.19. The molecule has 0 atom stereocenters. The van der Waals surface area contributed by atoms with Gasteiger partial charge in [0.2, 0.25) is 0 Å². The van der Waals surface area contributed by atoms with Crippen molar-refractivity contribution in [2.75, 3.05) is 0 Å². The summed E-state index contributed by atoms with van der Waals surface area (Å²) in [4.78, 5) is 0. The van der Waals surface area contributed by atoms with Crippen LogP contribution in [0.5, 0.6) is 0 Å². The summed E-state index contributed by atoms with van der Waals surface area (Å²) >= 11 is 0. The Balaban J connectivity index is 1.67. The molecule has 1 aliphatic rings. The number of hydrogen-bond donors (Lipinski definition) is 0. The number of hydrogen-bond acceptors (Lipinski definition) is 0. The molecule has 0 saturated heterocycles. The summed E-state index contributed by atoms with van der Waals surface area (Å²) in [6.45, 7) is 2.31. The van der Waals surface area contributed by atoms with Crippen LogP contribution in [0.3, 0.4) is 0 Å². The molecule has 0 aromatic rings. The maximum atomic E-state index is 2.31. The zero-order valence-corrected chi connectivity index (χ0v) is 22.1. The molecule has 1 saturated carbocycles. The fourth-order valence-electron chi connectivity index (χ4n) is 5.69. The molecule has 0 N–H and O–H groups in total. The van der Waals surface area contributed by atoms with Crippen molar-refractivity contribution >= 4 is 0 Å². The molecule has 0 heteroatoms. The van der Waals surface area contributed by atoms with E-state index in [1.807, 2.05) is 0 Å². The van der Waals surface area contributed by atoms with Gasteiger partial charge in [0.1, 0.15) is 0 Å². The highest BCUT2D eigenvalue weighted by atomic mass is 14.2. The van der Waals surface area contributed by atoms with Crippen molar-refractivity contribution in [3.8, 4) is 0 Å². The van der Waals surface area contributed by atoms with Gasteiger partial charge >= 0.3 is 0 Å². The molecule has 0 radical (unpaired) electrons. The molecule has 1 aliphatic carbocycles. The van der Waals surface area contributed by atoms with Crippen molar-refractivity contribution < 1.29 is 0 Å². The second kappa shape index (κ2) is 24.6. The Morgan fingerprint density at radius 3 is 1.00 bits per heavy atom. The molecule has 0 nitrogen and oxygen atoms in total. The lowest BCUT2D eigenvalue weighted by molar-refractivity contribution is 0.346. The molecule has 0 aromatic heterocycles. The zero-order chi connectivity index (χ0) is 22.1. The summed E-state index contributed by atoms with van der Waals surface area (Å²) in [5, 5.41) is 0. The van der Waals surface area contributed by atoms with Gasteiger partial charge in [0, 0.05) is 0 Å². The molecule has 0 unspecified atom stereocenters. The van der Waals surface area contributed by atoms with Crippen LogP contribution in [-0.2, 0) is 0 Å². The Morgan fingerprint density at radius 1 is 0.355 bits per heavy atom. The van der Waals surface area contributed by atoms with E-state index in [1.54, 1.807) is 19.3 Å². The van der Waals surface area contributed by atoms with Gasteiger partial charge in [-0.05, 0) is 5.92 Å². The van der Waals surface area contributed by atoms with Gasteiger partial charge in [-0.25, -0.2) is 0 Å². The minimum absolute atomic E-state index is 1.08. The predicted octanol–water partition coefficient (Wildman–Crippen LogP) is 11.9. The van der Waals surface area contributed by atoms with E-state index in [1.165, 1.54) is 167 Å². The lowest BCUT2D eigenvalue weighted by atomic mass is 9.87. The van der Waals surface area contributed by atoms with Crippen LogP contribution in [0.15, 0.2) is 0 Å². The molecule has 1 fully saturated rings. The van der Waals surface area contributed by atoms with E-state index in [0.717, 1.165) is 5.92 Å². The van der Waals surface area contributed by atoms with Crippen molar-refractivity contribution in [1.82, 2.24) is 0 Å². The van der Waals surface area contributed by atoms with Crippen molar-refractivity contribution in [1.29, 1.82) is 0 Å². The molecule has 31 heavy (non-hydrogen) atoms. The van der Waals surface area contributed by atoms with E-state index in [2.05, 4.69) is 6.92 Å². The Kier molecular flexibility index (Phi) is 23.1. The van der Waals surface area contributed by atoms with Gasteiger partial charge in [0.05, 0.1) is 0 Å². The highest BCUT2D eigenvalue weighted by Gasteiger charge is 2.10. The third-order valence-electron chi connectivity index (χ3n) is 7.94. The van der Waals surface area contributed by atoms with Gasteiger partial charge in [-0.15, -0.1) is 0 Å². The minimum Gasteiger partial charge on any atom is -0.0654 e. The predicted molar refractivity (Wildman–Crippen MR) is 143 cm³/mol. The van der Waals surface area contributed by atoms with Crippen LogP contribution in [0, 0.1) is 5.92 Å². The Morgan fingerprint density at radius 2 is 0.645 bits per heavy atom. The van der Waals surface area contributed by atoms with Crippen molar-refractivity contribution in [2.45, 2.75) is 193 Å². The van der Waals surface area contributed by atoms with E-state index in [4.69, 9.17) is 0 Å². The molecule has 0 bridgehead atoms. The summed E-state index contributed by atoms with van der Waals surface area (Å²) in [5.41, 5.74) is 0. The molecule has 186 valence electrons. The maximum absolute atomic E-state index is 2.31. The van der Waals surface area contributed by atoms with Crippen molar-refractivity contribution in [3.05, 3.63) is 0 Å². The first-order chi connectivity index (χ1) is 15.4. The third kappa shape index (κ3) is 21.6. The van der Waals surface area contributed by atoms with E-state index in [9.17, 15) is 0 Å². The van der Waals surface area contributed by atoms with Gasteiger partial charge in [0.15, 0.2) is 0 Å². The van der Waals surface area contributed by atoms with Crippen LogP contribution in [0.2, 0.25) is 0 Å².